The summed E-state index contributed by atoms with van der Waals surface area (Å²) in [7, 11) is -3.34. The highest BCUT2D eigenvalue weighted by Crippen LogP contribution is 2.24. The van der Waals surface area contributed by atoms with Crippen molar-refractivity contribution in [3.05, 3.63) is 60.2 Å². The zero-order valence-corrected chi connectivity index (χ0v) is 18.2. The van der Waals surface area contributed by atoms with E-state index < -0.39 is 16.6 Å². The molecule has 1 aliphatic heterocycles. The van der Waals surface area contributed by atoms with Crippen LogP contribution in [0, 0.1) is 5.92 Å². The Hall–Kier alpha value is -2.23. The van der Waals surface area contributed by atoms with Gasteiger partial charge in [-0.2, -0.15) is 8.78 Å². The molecule has 2 unspecified atom stereocenters. The van der Waals surface area contributed by atoms with Crippen LogP contribution in [-0.4, -0.2) is 51.4 Å². The maximum Gasteiger partial charge on any atom is 0.387 e. The van der Waals surface area contributed by atoms with Crippen LogP contribution in [0.25, 0.3) is 0 Å². The molecule has 1 heterocycles. The van der Waals surface area contributed by atoms with E-state index in [1.807, 2.05) is 18.2 Å². The van der Waals surface area contributed by atoms with Gasteiger partial charge in [-0.1, -0.05) is 30.3 Å². The van der Waals surface area contributed by atoms with E-state index in [0.29, 0.717) is 25.3 Å². The van der Waals surface area contributed by atoms with Gasteiger partial charge in [0.25, 0.3) is 0 Å². The molecule has 3 rings (SSSR count). The molecule has 6 nitrogen and oxygen atoms in total. The summed E-state index contributed by atoms with van der Waals surface area (Å²) < 4.78 is 61.9. The molecular weight excluding hydrogens is 426 g/mol. The summed E-state index contributed by atoms with van der Waals surface area (Å²) in [6.07, 6.45) is 0.682. The summed E-state index contributed by atoms with van der Waals surface area (Å²) in [6.45, 7) is 1.28. The molecule has 2 atom stereocenters. The number of halogens is 2. The second-order valence-corrected chi connectivity index (χ2v) is 9.60. The third-order valence-corrected chi connectivity index (χ3v) is 6.71. The molecule has 0 radical (unpaired) electrons. The highest BCUT2D eigenvalue weighted by atomic mass is 32.2. The van der Waals surface area contributed by atoms with Crippen molar-refractivity contribution in [2.24, 2.45) is 5.92 Å². The van der Waals surface area contributed by atoms with E-state index in [1.165, 1.54) is 17.7 Å². The number of sulfonamides is 1. The molecule has 1 saturated heterocycles. The smallest absolute Gasteiger partial charge is 0.387 e. The van der Waals surface area contributed by atoms with E-state index in [-0.39, 0.29) is 23.5 Å². The number of ether oxygens (including phenoxy) is 2. The predicted octanol–water partition coefficient (Wildman–Crippen LogP) is 3.50. The van der Waals surface area contributed by atoms with Crippen molar-refractivity contribution >= 4 is 10.0 Å². The van der Waals surface area contributed by atoms with Gasteiger partial charge in [-0.05, 0) is 43.2 Å². The first-order valence-corrected chi connectivity index (χ1v) is 11.9. The number of benzene rings is 2. The number of rotatable bonds is 10. The fourth-order valence-corrected chi connectivity index (χ4v) is 4.59. The molecule has 0 amide bonds. The van der Waals surface area contributed by atoms with E-state index in [1.54, 1.807) is 19.1 Å². The van der Waals surface area contributed by atoms with Gasteiger partial charge in [0.05, 0.1) is 12.4 Å². The molecule has 31 heavy (non-hydrogen) atoms. The number of nitrogens with zero attached hydrogens (tertiary/aromatic N) is 1. The highest BCUT2D eigenvalue weighted by molar-refractivity contribution is 7.89. The van der Waals surface area contributed by atoms with Gasteiger partial charge in [-0.3, -0.25) is 4.90 Å². The van der Waals surface area contributed by atoms with Gasteiger partial charge in [-0.15, -0.1) is 0 Å². The molecular formula is C22H28F2N2O4S. The molecule has 0 aromatic heterocycles. The van der Waals surface area contributed by atoms with Crippen LogP contribution in [0.3, 0.4) is 0 Å². The second-order valence-electron chi connectivity index (χ2n) is 7.56. The number of hydrogen-bond donors (Lipinski definition) is 1. The van der Waals surface area contributed by atoms with E-state index in [4.69, 9.17) is 4.74 Å². The van der Waals surface area contributed by atoms with Crippen LogP contribution in [0.2, 0.25) is 0 Å². The standard InChI is InChI=1S/C22H28F2N2O4S/c1-2-31(27,28)25-21-12-13-26(14-17-6-4-3-5-7-17)15-18(21)16-29-19-8-10-20(11-9-19)30-22(23)24/h3-11,18,21-22,25H,2,12-16H2,1H3. The zero-order chi connectivity index (χ0) is 22.3. The van der Waals surface area contributed by atoms with Crippen molar-refractivity contribution in [1.29, 1.82) is 0 Å². The van der Waals surface area contributed by atoms with Gasteiger partial charge in [0.1, 0.15) is 11.5 Å². The van der Waals surface area contributed by atoms with Gasteiger partial charge in [0, 0.05) is 31.6 Å². The van der Waals surface area contributed by atoms with Crippen molar-refractivity contribution in [2.45, 2.75) is 32.5 Å². The van der Waals surface area contributed by atoms with Crippen molar-refractivity contribution in [1.82, 2.24) is 9.62 Å². The maximum atomic E-state index is 12.3. The van der Waals surface area contributed by atoms with Crippen molar-refractivity contribution in [2.75, 3.05) is 25.4 Å². The molecule has 2 aromatic carbocycles. The molecule has 2 aromatic rings. The Morgan fingerprint density at radius 3 is 2.42 bits per heavy atom. The van der Waals surface area contributed by atoms with Crippen LogP contribution in [0.4, 0.5) is 8.78 Å². The Morgan fingerprint density at radius 1 is 1.10 bits per heavy atom. The summed E-state index contributed by atoms with van der Waals surface area (Å²) in [6, 6.07) is 15.9. The summed E-state index contributed by atoms with van der Waals surface area (Å²) >= 11 is 0. The minimum atomic E-state index is -3.34. The molecule has 1 N–H and O–H groups in total. The molecule has 0 spiro atoms. The number of likely N-dealkylation sites (tertiary alicyclic amines) is 1. The summed E-state index contributed by atoms with van der Waals surface area (Å²) in [5.41, 5.74) is 1.20. The summed E-state index contributed by atoms with van der Waals surface area (Å²) in [4.78, 5) is 2.29. The van der Waals surface area contributed by atoms with Crippen molar-refractivity contribution in [3.8, 4) is 11.5 Å². The lowest BCUT2D eigenvalue weighted by Crippen LogP contribution is -2.52. The van der Waals surface area contributed by atoms with Crippen LogP contribution in [0.5, 0.6) is 11.5 Å². The molecule has 170 valence electrons. The number of nitrogens with one attached hydrogen (secondary N) is 1. The Morgan fingerprint density at radius 2 is 1.77 bits per heavy atom. The number of hydrogen-bond acceptors (Lipinski definition) is 5. The van der Waals surface area contributed by atoms with Gasteiger partial charge >= 0.3 is 6.61 Å². The fourth-order valence-electron chi connectivity index (χ4n) is 3.65. The molecule has 0 bridgehead atoms. The summed E-state index contributed by atoms with van der Waals surface area (Å²) in [5, 5.41) is 0. The van der Waals surface area contributed by atoms with Crippen LogP contribution >= 0.6 is 0 Å². The Labute approximate surface area is 182 Å². The third-order valence-electron chi connectivity index (χ3n) is 5.29. The minimum absolute atomic E-state index is 0.0242. The normalized spacial score (nSPS) is 20.0. The Bertz CT molecular complexity index is 911. The predicted molar refractivity (Wildman–Crippen MR) is 115 cm³/mol. The Balaban J connectivity index is 1.64. The zero-order valence-electron chi connectivity index (χ0n) is 17.4. The lowest BCUT2D eigenvalue weighted by molar-refractivity contribution is -0.0498. The molecule has 1 aliphatic rings. The molecule has 0 aliphatic carbocycles. The Kier molecular flexibility index (Phi) is 8.22. The molecule has 0 saturated carbocycles. The van der Waals surface area contributed by atoms with E-state index in [9.17, 15) is 17.2 Å². The molecule has 1 fully saturated rings. The monoisotopic (exact) mass is 454 g/mol. The van der Waals surface area contributed by atoms with E-state index in [0.717, 1.165) is 13.1 Å². The van der Waals surface area contributed by atoms with Gasteiger partial charge in [0.2, 0.25) is 10.0 Å². The number of alkyl halides is 2. The van der Waals surface area contributed by atoms with Crippen LogP contribution < -0.4 is 14.2 Å². The lowest BCUT2D eigenvalue weighted by atomic mass is 9.93. The van der Waals surface area contributed by atoms with Gasteiger partial charge in [-0.25, -0.2) is 13.1 Å². The SMILES string of the molecule is CCS(=O)(=O)NC1CCN(Cc2ccccc2)CC1COc1ccc(OC(F)F)cc1. The first-order chi connectivity index (χ1) is 14.8. The topological polar surface area (TPSA) is 67.9 Å². The lowest BCUT2D eigenvalue weighted by Gasteiger charge is -2.38. The maximum absolute atomic E-state index is 12.3. The molecule has 9 heteroatoms. The van der Waals surface area contributed by atoms with Crippen molar-refractivity contribution in [3.63, 3.8) is 0 Å². The largest absolute Gasteiger partial charge is 0.493 e. The van der Waals surface area contributed by atoms with Crippen LogP contribution in [0.1, 0.15) is 18.9 Å². The first kappa shape index (κ1) is 23.4. The van der Waals surface area contributed by atoms with Crippen LogP contribution in [0.15, 0.2) is 54.6 Å². The van der Waals surface area contributed by atoms with Gasteiger partial charge in [0.15, 0.2) is 0 Å². The first-order valence-electron chi connectivity index (χ1n) is 10.3. The average Bonchev–Trinajstić information content (AvgIpc) is 2.75. The second kappa shape index (κ2) is 10.9. The highest BCUT2D eigenvalue weighted by Gasteiger charge is 2.32. The minimum Gasteiger partial charge on any atom is -0.493 e. The van der Waals surface area contributed by atoms with E-state index >= 15 is 0 Å². The van der Waals surface area contributed by atoms with Gasteiger partial charge < -0.3 is 9.47 Å². The fraction of sp³-hybridized carbons (Fsp3) is 0.455. The van der Waals surface area contributed by atoms with Crippen molar-refractivity contribution < 1.29 is 26.7 Å². The number of piperidine rings is 1. The average molecular weight is 455 g/mol. The quantitative estimate of drug-likeness (QED) is 0.595. The summed E-state index contributed by atoms with van der Waals surface area (Å²) in [5.74, 6) is 0.536. The van der Waals surface area contributed by atoms with E-state index in [2.05, 4.69) is 26.5 Å². The third kappa shape index (κ3) is 7.45. The van der Waals surface area contributed by atoms with Crippen LogP contribution in [-0.2, 0) is 16.6 Å².